The Labute approximate surface area is 74.3 Å². The standard InChI is InChI=1S/C7H6BN3O2/c12-8(13)6-1-5-2-9-4-11-7(5)10-3-6/h1-4,12-13H. The fourth-order valence-electron chi connectivity index (χ4n) is 1.04. The molecule has 0 aliphatic carbocycles. The topological polar surface area (TPSA) is 79.1 Å². The predicted molar refractivity (Wildman–Crippen MR) is 47.2 cm³/mol. The van der Waals surface area contributed by atoms with Crippen LogP contribution in [0.1, 0.15) is 0 Å². The van der Waals surface area contributed by atoms with E-state index in [1.807, 2.05) is 0 Å². The molecule has 0 saturated carbocycles. The molecule has 0 amide bonds. The quantitative estimate of drug-likeness (QED) is 0.526. The van der Waals surface area contributed by atoms with Gasteiger partial charge in [-0.25, -0.2) is 15.0 Å². The van der Waals surface area contributed by atoms with Crippen molar-refractivity contribution < 1.29 is 10.0 Å². The van der Waals surface area contributed by atoms with E-state index in [9.17, 15) is 0 Å². The number of rotatable bonds is 1. The van der Waals surface area contributed by atoms with Crippen LogP contribution in [0.25, 0.3) is 11.0 Å². The van der Waals surface area contributed by atoms with Gasteiger partial charge in [-0.2, -0.15) is 0 Å². The molecule has 0 spiro atoms. The number of hydrogen-bond donors (Lipinski definition) is 2. The van der Waals surface area contributed by atoms with Crippen LogP contribution in [0.15, 0.2) is 24.8 Å². The van der Waals surface area contributed by atoms with E-state index < -0.39 is 7.12 Å². The summed E-state index contributed by atoms with van der Waals surface area (Å²) in [5.41, 5.74) is 0.877. The second-order valence-corrected chi connectivity index (χ2v) is 2.58. The summed E-state index contributed by atoms with van der Waals surface area (Å²) in [5.74, 6) is 0. The zero-order valence-electron chi connectivity index (χ0n) is 6.62. The molecule has 2 heterocycles. The second kappa shape index (κ2) is 3.08. The van der Waals surface area contributed by atoms with Crippen molar-refractivity contribution in [1.82, 2.24) is 15.0 Å². The van der Waals surface area contributed by atoms with Gasteiger partial charge in [0, 0.05) is 23.2 Å². The van der Waals surface area contributed by atoms with Gasteiger partial charge >= 0.3 is 7.12 Å². The summed E-state index contributed by atoms with van der Waals surface area (Å²) in [6.45, 7) is 0. The Morgan fingerprint density at radius 1 is 1.15 bits per heavy atom. The van der Waals surface area contributed by atoms with Crippen molar-refractivity contribution in [2.45, 2.75) is 0 Å². The molecule has 64 valence electrons. The molecule has 5 nitrogen and oxygen atoms in total. The highest BCUT2D eigenvalue weighted by Crippen LogP contribution is 2.02. The fourth-order valence-corrected chi connectivity index (χ4v) is 1.04. The molecule has 0 atom stereocenters. The van der Waals surface area contributed by atoms with E-state index in [2.05, 4.69) is 15.0 Å². The minimum Gasteiger partial charge on any atom is -0.423 e. The number of pyridine rings is 1. The van der Waals surface area contributed by atoms with Crippen LogP contribution < -0.4 is 5.46 Å². The van der Waals surface area contributed by atoms with Crippen LogP contribution in [-0.4, -0.2) is 32.1 Å². The molecule has 0 aliphatic heterocycles. The highest BCUT2D eigenvalue weighted by Gasteiger charge is 2.11. The second-order valence-electron chi connectivity index (χ2n) is 2.58. The number of nitrogens with zero attached hydrogens (tertiary/aromatic N) is 3. The van der Waals surface area contributed by atoms with E-state index in [1.165, 1.54) is 12.5 Å². The molecule has 2 aromatic heterocycles. The molecule has 0 aliphatic rings. The van der Waals surface area contributed by atoms with Crippen LogP contribution in [0.4, 0.5) is 0 Å². The van der Waals surface area contributed by atoms with Crippen LogP contribution in [-0.2, 0) is 0 Å². The summed E-state index contributed by atoms with van der Waals surface area (Å²) < 4.78 is 0. The summed E-state index contributed by atoms with van der Waals surface area (Å²) in [6, 6.07) is 1.59. The van der Waals surface area contributed by atoms with Crippen LogP contribution in [0, 0.1) is 0 Å². The molecule has 6 heteroatoms. The Hall–Kier alpha value is -1.53. The number of hydrogen-bond acceptors (Lipinski definition) is 5. The number of aromatic nitrogens is 3. The molecule has 2 rings (SSSR count). The van der Waals surface area contributed by atoms with Crippen molar-refractivity contribution in [1.29, 1.82) is 0 Å². The molecule has 0 saturated heterocycles. The van der Waals surface area contributed by atoms with Crippen molar-refractivity contribution >= 4 is 23.6 Å². The third-order valence-corrected chi connectivity index (χ3v) is 1.67. The molecule has 0 fully saturated rings. The van der Waals surface area contributed by atoms with Crippen molar-refractivity contribution in [3.8, 4) is 0 Å². The maximum atomic E-state index is 8.86. The average molecular weight is 175 g/mol. The Bertz CT molecular complexity index is 435. The Morgan fingerprint density at radius 2 is 2.00 bits per heavy atom. The lowest BCUT2D eigenvalue weighted by atomic mass is 9.81. The molecule has 2 aromatic rings. The fraction of sp³-hybridized carbons (Fsp3) is 0. The molecule has 0 unspecified atom stereocenters. The Morgan fingerprint density at radius 3 is 2.77 bits per heavy atom. The molecular formula is C7H6BN3O2. The monoisotopic (exact) mass is 175 g/mol. The minimum absolute atomic E-state index is 0.335. The predicted octanol–water partition coefficient (Wildman–Crippen LogP) is -1.30. The third-order valence-electron chi connectivity index (χ3n) is 1.67. The van der Waals surface area contributed by atoms with Crippen LogP contribution >= 0.6 is 0 Å². The Kier molecular flexibility index (Phi) is 1.92. The van der Waals surface area contributed by atoms with Crippen molar-refractivity contribution in [2.24, 2.45) is 0 Å². The van der Waals surface area contributed by atoms with E-state index in [0.717, 1.165) is 0 Å². The zero-order valence-corrected chi connectivity index (χ0v) is 6.62. The molecule has 2 N–H and O–H groups in total. The van der Waals surface area contributed by atoms with E-state index in [0.29, 0.717) is 16.5 Å². The Balaban J connectivity index is 2.62. The first-order valence-corrected chi connectivity index (χ1v) is 3.69. The van der Waals surface area contributed by atoms with Gasteiger partial charge in [-0.3, -0.25) is 0 Å². The average Bonchev–Trinajstić information content (AvgIpc) is 2.17. The van der Waals surface area contributed by atoms with Crippen LogP contribution in [0.3, 0.4) is 0 Å². The van der Waals surface area contributed by atoms with Crippen LogP contribution in [0.2, 0.25) is 0 Å². The van der Waals surface area contributed by atoms with E-state index in [-0.39, 0.29) is 0 Å². The zero-order chi connectivity index (χ0) is 9.26. The van der Waals surface area contributed by atoms with Gasteiger partial charge < -0.3 is 10.0 Å². The van der Waals surface area contributed by atoms with E-state index in [4.69, 9.17) is 10.0 Å². The first-order valence-electron chi connectivity index (χ1n) is 3.69. The first-order chi connectivity index (χ1) is 6.27. The van der Waals surface area contributed by atoms with Gasteiger partial charge in [-0.1, -0.05) is 0 Å². The maximum Gasteiger partial charge on any atom is 0.490 e. The largest absolute Gasteiger partial charge is 0.490 e. The highest BCUT2D eigenvalue weighted by molar-refractivity contribution is 6.58. The molecule has 0 aromatic carbocycles. The van der Waals surface area contributed by atoms with E-state index >= 15 is 0 Å². The summed E-state index contributed by atoms with van der Waals surface area (Å²) >= 11 is 0. The van der Waals surface area contributed by atoms with Gasteiger partial charge in [0.25, 0.3) is 0 Å². The van der Waals surface area contributed by atoms with Gasteiger partial charge in [-0.05, 0) is 6.07 Å². The third kappa shape index (κ3) is 1.49. The normalized spacial score (nSPS) is 10.3. The SMILES string of the molecule is OB(O)c1cnc2ncncc2c1. The molecule has 0 radical (unpaired) electrons. The van der Waals surface area contributed by atoms with Gasteiger partial charge in [0.15, 0.2) is 5.65 Å². The van der Waals surface area contributed by atoms with E-state index in [1.54, 1.807) is 12.3 Å². The van der Waals surface area contributed by atoms with Crippen molar-refractivity contribution in [3.05, 3.63) is 24.8 Å². The summed E-state index contributed by atoms with van der Waals surface area (Å²) in [7, 11) is -1.50. The summed E-state index contributed by atoms with van der Waals surface area (Å²) in [4.78, 5) is 11.6. The lowest BCUT2D eigenvalue weighted by molar-refractivity contribution is 0.425. The van der Waals surface area contributed by atoms with Gasteiger partial charge in [-0.15, -0.1) is 0 Å². The van der Waals surface area contributed by atoms with Crippen molar-refractivity contribution in [2.75, 3.05) is 0 Å². The lowest BCUT2D eigenvalue weighted by Gasteiger charge is -1.99. The smallest absolute Gasteiger partial charge is 0.423 e. The lowest BCUT2D eigenvalue weighted by Crippen LogP contribution is -2.30. The maximum absolute atomic E-state index is 8.86. The van der Waals surface area contributed by atoms with Gasteiger partial charge in [0.2, 0.25) is 0 Å². The highest BCUT2D eigenvalue weighted by atomic mass is 16.4. The molecule has 0 bridgehead atoms. The summed E-state index contributed by atoms with van der Waals surface area (Å²) in [6.07, 6.45) is 4.34. The van der Waals surface area contributed by atoms with Crippen molar-refractivity contribution in [3.63, 3.8) is 0 Å². The van der Waals surface area contributed by atoms with Gasteiger partial charge in [0.05, 0.1) is 0 Å². The molecule has 13 heavy (non-hydrogen) atoms. The number of fused-ring (bicyclic) bond motifs is 1. The first kappa shape index (κ1) is 8.09. The minimum atomic E-state index is -1.50. The summed E-state index contributed by atoms with van der Waals surface area (Å²) in [5, 5.41) is 18.4. The van der Waals surface area contributed by atoms with Crippen LogP contribution in [0.5, 0.6) is 0 Å². The van der Waals surface area contributed by atoms with Gasteiger partial charge in [0.1, 0.15) is 6.33 Å². The molecular weight excluding hydrogens is 169 g/mol.